The second kappa shape index (κ2) is 6.10. The highest BCUT2D eigenvalue weighted by molar-refractivity contribution is 5.97. The number of terminal acetylenes is 1. The molecule has 7 heteroatoms. The molecule has 0 spiro atoms. The Balaban J connectivity index is 2.83. The summed E-state index contributed by atoms with van der Waals surface area (Å²) in [5.41, 5.74) is 4.13. The standard InChI is InChI=1S/C13H11F3N2O2/c1-2-3-10(11(17)19)18-12(20)8-4-6-9(7-5-8)13(14,15)16/h1,4-7,10H,3H2,(H2,17,19)(H,18,20)/t10-/m1/s1. The van der Waals surface area contributed by atoms with Crippen molar-refractivity contribution in [1.29, 1.82) is 0 Å². The zero-order chi connectivity index (χ0) is 15.3. The molecular weight excluding hydrogens is 273 g/mol. The molecule has 0 heterocycles. The topological polar surface area (TPSA) is 72.2 Å². The molecule has 0 aliphatic carbocycles. The van der Waals surface area contributed by atoms with Crippen LogP contribution in [0.15, 0.2) is 24.3 Å². The van der Waals surface area contributed by atoms with E-state index in [1.165, 1.54) is 0 Å². The van der Waals surface area contributed by atoms with Crippen molar-refractivity contribution in [2.24, 2.45) is 5.73 Å². The van der Waals surface area contributed by atoms with Gasteiger partial charge in [-0.25, -0.2) is 0 Å². The lowest BCUT2D eigenvalue weighted by Gasteiger charge is -2.13. The molecule has 0 bridgehead atoms. The van der Waals surface area contributed by atoms with E-state index < -0.39 is 29.6 Å². The Morgan fingerprint density at radius 2 is 1.85 bits per heavy atom. The van der Waals surface area contributed by atoms with E-state index in [0.717, 1.165) is 24.3 Å². The smallest absolute Gasteiger partial charge is 0.368 e. The molecule has 0 fully saturated rings. The molecule has 1 aromatic rings. The lowest BCUT2D eigenvalue weighted by molar-refractivity contribution is -0.137. The van der Waals surface area contributed by atoms with Gasteiger partial charge in [0.2, 0.25) is 5.91 Å². The summed E-state index contributed by atoms with van der Waals surface area (Å²) in [7, 11) is 0. The minimum Gasteiger partial charge on any atom is -0.368 e. The van der Waals surface area contributed by atoms with Crippen LogP contribution in [0.5, 0.6) is 0 Å². The van der Waals surface area contributed by atoms with Crippen LogP contribution >= 0.6 is 0 Å². The lowest BCUT2D eigenvalue weighted by atomic mass is 10.1. The fraction of sp³-hybridized carbons (Fsp3) is 0.231. The molecule has 0 radical (unpaired) electrons. The molecule has 0 aromatic heterocycles. The van der Waals surface area contributed by atoms with Crippen molar-refractivity contribution in [2.45, 2.75) is 18.6 Å². The average molecular weight is 284 g/mol. The van der Waals surface area contributed by atoms with Gasteiger partial charge in [-0.1, -0.05) is 0 Å². The SMILES string of the molecule is C#CC[C@@H](NC(=O)c1ccc(C(F)(F)F)cc1)C(N)=O. The molecule has 1 atom stereocenters. The van der Waals surface area contributed by atoms with Crippen molar-refractivity contribution in [3.05, 3.63) is 35.4 Å². The molecule has 106 valence electrons. The summed E-state index contributed by atoms with van der Waals surface area (Å²) >= 11 is 0. The van der Waals surface area contributed by atoms with Gasteiger partial charge in [0.05, 0.1) is 5.56 Å². The summed E-state index contributed by atoms with van der Waals surface area (Å²) < 4.78 is 37.1. The summed E-state index contributed by atoms with van der Waals surface area (Å²) in [5, 5.41) is 2.25. The van der Waals surface area contributed by atoms with E-state index in [2.05, 4.69) is 11.2 Å². The molecule has 1 aromatic carbocycles. The summed E-state index contributed by atoms with van der Waals surface area (Å²) in [5.74, 6) is 0.630. The number of alkyl halides is 3. The van der Waals surface area contributed by atoms with Crippen molar-refractivity contribution >= 4 is 11.8 Å². The Bertz CT molecular complexity index is 544. The molecule has 20 heavy (non-hydrogen) atoms. The Kier molecular flexibility index (Phi) is 4.75. The second-order valence-corrected chi connectivity index (χ2v) is 3.91. The van der Waals surface area contributed by atoms with E-state index in [0.29, 0.717) is 0 Å². The van der Waals surface area contributed by atoms with Crippen molar-refractivity contribution in [1.82, 2.24) is 5.32 Å². The zero-order valence-corrected chi connectivity index (χ0v) is 10.2. The van der Waals surface area contributed by atoms with Crippen molar-refractivity contribution in [3.63, 3.8) is 0 Å². The van der Waals surface area contributed by atoms with Crippen LogP contribution in [0.2, 0.25) is 0 Å². The molecule has 4 nitrogen and oxygen atoms in total. The Labute approximate surface area is 113 Å². The van der Waals surface area contributed by atoms with Crippen molar-refractivity contribution in [2.75, 3.05) is 0 Å². The minimum absolute atomic E-state index is 0.0266. The quantitative estimate of drug-likeness (QED) is 0.818. The third-order valence-electron chi connectivity index (χ3n) is 2.45. The van der Waals surface area contributed by atoms with Gasteiger partial charge in [-0.05, 0) is 24.3 Å². The molecule has 0 saturated carbocycles. The van der Waals surface area contributed by atoms with Crippen LogP contribution in [0, 0.1) is 12.3 Å². The summed E-state index contributed by atoms with van der Waals surface area (Å²) in [6.07, 6.45) is 0.442. The number of benzene rings is 1. The highest BCUT2D eigenvalue weighted by Crippen LogP contribution is 2.29. The van der Waals surface area contributed by atoms with Gasteiger partial charge < -0.3 is 11.1 Å². The molecular formula is C13H11F3N2O2. The predicted octanol–water partition coefficient (Wildman–Crippen LogP) is 1.31. The largest absolute Gasteiger partial charge is 0.416 e. The number of nitrogens with two attached hydrogens (primary N) is 1. The van der Waals surface area contributed by atoms with Gasteiger partial charge >= 0.3 is 6.18 Å². The number of carbonyl (C=O) groups is 2. The molecule has 3 N–H and O–H groups in total. The highest BCUT2D eigenvalue weighted by Gasteiger charge is 2.30. The first kappa shape index (κ1) is 15.6. The molecule has 0 unspecified atom stereocenters. The molecule has 0 saturated heterocycles. The molecule has 0 aliphatic heterocycles. The normalized spacial score (nSPS) is 12.3. The first-order valence-electron chi connectivity index (χ1n) is 5.46. The zero-order valence-electron chi connectivity index (χ0n) is 10.2. The third-order valence-corrected chi connectivity index (χ3v) is 2.45. The second-order valence-electron chi connectivity index (χ2n) is 3.91. The van der Waals surface area contributed by atoms with E-state index >= 15 is 0 Å². The first-order valence-corrected chi connectivity index (χ1v) is 5.46. The molecule has 2 amide bonds. The maximum absolute atomic E-state index is 12.4. The van der Waals surface area contributed by atoms with Crippen LogP contribution in [0.1, 0.15) is 22.3 Å². The van der Waals surface area contributed by atoms with Crippen molar-refractivity contribution in [3.8, 4) is 12.3 Å². The minimum atomic E-state index is -4.48. The number of hydrogen-bond acceptors (Lipinski definition) is 2. The summed E-state index contributed by atoms with van der Waals surface area (Å²) in [6, 6.07) is 2.50. The van der Waals surface area contributed by atoms with E-state index in [1.807, 2.05) is 0 Å². The molecule has 0 aliphatic rings. The van der Waals surface area contributed by atoms with Gasteiger partial charge in [0, 0.05) is 12.0 Å². The van der Waals surface area contributed by atoms with Crippen LogP contribution in [0.3, 0.4) is 0 Å². The Morgan fingerprint density at radius 3 is 2.25 bits per heavy atom. The van der Waals surface area contributed by atoms with Gasteiger partial charge in [0.1, 0.15) is 6.04 Å². The van der Waals surface area contributed by atoms with Gasteiger partial charge in [0.15, 0.2) is 0 Å². The number of rotatable bonds is 4. The molecule has 1 rings (SSSR count). The number of carbonyl (C=O) groups excluding carboxylic acids is 2. The van der Waals surface area contributed by atoms with Crippen LogP contribution in [0.4, 0.5) is 13.2 Å². The number of halogens is 3. The van der Waals surface area contributed by atoms with Crippen LogP contribution in [-0.2, 0) is 11.0 Å². The van der Waals surface area contributed by atoms with Gasteiger partial charge in [0.25, 0.3) is 5.91 Å². The van der Waals surface area contributed by atoms with E-state index in [4.69, 9.17) is 12.2 Å². The van der Waals surface area contributed by atoms with Gasteiger partial charge in [-0.15, -0.1) is 12.3 Å². The maximum Gasteiger partial charge on any atom is 0.416 e. The monoisotopic (exact) mass is 284 g/mol. The Morgan fingerprint density at radius 1 is 1.30 bits per heavy atom. The third kappa shape index (κ3) is 4.02. The summed E-state index contributed by atoms with van der Waals surface area (Å²) in [6.45, 7) is 0. The number of primary amides is 1. The van der Waals surface area contributed by atoms with E-state index in [-0.39, 0.29) is 12.0 Å². The van der Waals surface area contributed by atoms with E-state index in [1.54, 1.807) is 0 Å². The number of amides is 2. The van der Waals surface area contributed by atoms with E-state index in [9.17, 15) is 22.8 Å². The first-order chi connectivity index (χ1) is 9.25. The van der Waals surface area contributed by atoms with Crippen molar-refractivity contribution < 1.29 is 22.8 Å². The van der Waals surface area contributed by atoms with Gasteiger partial charge in [-0.2, -0.15) is 13.2 Å². The van der Waals surface area contributed by atoms with Crippen LogP contribution in [-0.4, -0.2) is 17.9 Å². The average Bonchev–Trinajstić information content (AvgIpc) is 2.37. The fourth-order valence-corrected chi connectivity index (χ4v) is 1.39. The predicted molar refractivity (Wildman–Crippen MR) is 65.3 cm³/mol. The highest BCUT2D eigenvalue weighted by atomic mass is 19.4. The fourth-order valence-electron chi connectivity index (χ4n) is 1.39. The lowest BCUT2D eigenvalue weighted by Crippen LogP contribution is -2.44. The van der Waals surface area contributed by atoms with Crippen LogP contribution in [0.25, 0.3) is 0 Å². The van der Waals surface area contributed by atoms with Crippen LogP contribution < -0.4 is 11.1 Å². The maximum atomic E-state index is 12.4. The Hall–Kier alpha value is -2.49. The van der Waals surface area contributed by atoms with Gasteiger partial charge in [-0.3, -0.25) is 9.59 Å². The number of nitrogens with one attached hydrogen (secondary N) is 1. The summed E-state index contributed by atoms with van der Waals surface area (Å²) in [4.78, 5) is 22.7. The number of hydrogen-bond donors (Lipinski definition) is 2.